The number of nitrogens with zero attached hydrogens (tertiary/aromatic N) is 3. The zero-order valence-corrected chi connectivity index (χ0v) is 12.4. The Morgan fingerprint density at radius 3 is 3.14 bits per heavy atom. The minimum atomic E-state index is 0.601. The van der Waals surface area contributed by atoms with Crippen LogP contribution in [0.5, 0.6) is 0 Å². The van der Waals surface area contributed by atoms with E-state index in [2.05, 4.69) is 26.5 Å². The number of pyridine rings is 1. The summed E-state index contributed by atoms with van der Waals surface area (Å²) < 4.78 is 6.47. The summed E-state index contributed by atoms with van der Waals surface area (Å²) in [6, 6.07) is 4.67. The summed E-state index contributed by atoms with van der Waals surface area (Å²) in [5, 5.41) is 9.58. The van der Waals surface area contributed by atoms with Gasteiger partial charge >= 0.3 is 0 Å². The van der Waals surface area contributed by atoms with Gasteiger partial charge in [-0.1, -0.05) is 18.0 Å². The Kier molecular flexibility index (Phi) is 3.40. The van der Waals surface area contributed by atoms with Crippen LogP contribution in [0.2, 0.25) is 0 Å². The summed E-state index contributed by atoms with van der Waals surface area (Å²) in [6.07, 6.45) is 6.94. The Bertz CT molecular complexity index is 745. The number of aromatic nitrogens is 3. The molecular weight excluding hydrogens is 284 g/mol. The Hall–Kier alpha value is -1.79. The molecule has 1 aliphatic carbocycles. The molecule has 3 heterocycles. The molecule has 0 unspecified atom stereocenters. The highest BCUT2D eigenvalue weighted by molar-refractivity contribution is 7.17. The molecule has 0 atom stereocenters. The molecule has 1 fully saturated rings. The molecule has 3 aromatic rings. The van der Waals surface area contributed by atoms with Gasteiger partial charge < -0.3 is 9.84 Å². The summed E-state index contributed by atoms with van der Waals surface area (Å²) >= 11 is 1.67. The van der Waals surface area contributed by atoms with Crippen LogP contribution in [-0.2, 0) is 6.54 Å². The lowest BCUT2D eigenvalue weighted by atomic mass is 10.2. The minimum absolute atomic E-state index is 0.601. The first-order valence-electron chi connectivity index (χ1n) is 7.28. The molecule has 3 aromatic heterocycles. The third-order valence-electron chi connectivity index (χ3n) is 3.93. The molecule has 0 bridgehead atoms. The van der Waals surface area contributed by atoms with Gasteiger partial charge in [0.15, 0.2) is 0 Å². The first kappa shape index (κ1) is 12.9. The van der Waals surface area contributed by atoms with Crippen molar-refractivity contribution in [2.45, 2.75) is 38.3 Å². The molecule has 1 N–H and O–H groups in total. The second-order valence-corrected chi connectivity index (χ2v) is 6.35. The zero-order chi connectivity index (χ0) is 14.1. The van der Waals surface area contributed by atoms with Gasteiger partial charge in [-0.2, -0.15) is 4.98 Å². The van der Waals surface area contributed by atoms with E-state index in [1.165, 1.54) is 25.7 Å². The molecule has 1 saturated carbocycles. The van der Waals surface area contributed by atoms with Crippen LogP contribution in [-0.4, -0.2) is 21.2 Å². The lowest BCUT2D eigenvalue weighted by Crippen LogP contribution is -2.25. The molecule has 0 aromatic carbocycles. The highest BCUT2D eigenvalue weighted by Gasteiger charge is 2.16. The predicted molar refractivity (Wildman–Crippen MR) is 82.0 cm³/mol. The number of hydrogen-bond donors (Lipinski definition) is 1. The van der Waals surface area contributed by atoms with E-state index in [0.29, 0.717) is 24.3 Å². The maximum absolute atomic E-state index is 5.32. The normalized spacial score (nSPS) is 16.0. The van der Waals surface area contributed by atoms with Crippen molar-refractivity contribution < 1.29 is 4.52 Å². The van der Waals surface area contributed by atoms with Crippen LogP contribution in [0.4, 0.5) is 0 Å². The molecule has 0 aliphatic heterocycles. The first-order chi connectivity index (χ1) is 10.4. The number of fused-ring (bicyclic) bond motifs is 1. The molecule has 1 aliphatic rings. The van der Waals surface area contributed by atoms with Gasteiger partial charge in [0.1, 0.15) is 0 Å². The summed E-state index contributed by atoms with van der Waals surface area (Å²) in [4.78, 5) is 8.87. The number of hydrogen-bond acceptors (Lipinski definition) is 6. The van der Waals surface area contributed by atoms with Crippen LogP contribution >= 0.6 is 11.3 Å². The van der Waals surface area contributed by atoms with Crippen molar-refractivity contribution >= 4 is 21.6 Å². The van der Waals surface area contributed by atoms with Crippen LogP contribution < -0.4 is 5.32 Å². The van der Waals surface area contributed by atoms with Crippen molar-refractivity contribution in [2.24, 2.45) is 0 Å². The van der Waals surface area contributed by atoms with E-state index in [0.717, 1.165) is 15.8 Å². The second-order valence-electron chi connectivity index (χ2n) is 5.40. The predicted octanol–water partition coefficient (Wildman–Crippen LogP) is 3.38. The van der Waals surface area contributed by atoms with E-state index >= 15 is 0 Å². The van der Waals surface area contributed by atoms with Gasteiger partial charge in [0, 0.05) is 17.8 Å². The molecule has 21 heavy (non-hydrogen) atoms. The van der Waals surface area contributed by atoms with Crippen molar-refractivity contribution in [3.05, 3.63) is 29.6 Å². The molecule has 6 heteroatoms. The molecule has 0 spiro atoms. The Balaban J connectivity index is 1.50. The molecule has 0 amide bonds. The fourth-order valence-corrected chi connectivity index (χ4v) is 3.55. The van der Waals surface area contributed by atoms with Crippen LogP contribution in [0.25, 0.3) is 21.6 Å². The standard InChI is InChI=1S/C15H16N4OS/c1-2-4-11(3-1)16-9-14-18-15(19-20-14)10-7-13-12(17-8-10)5-6-21-13/h5-8,11,16H,1-4,9H2. The highest BCUT2D eigenvalue weighted by Crippen LogP contribution is 2.24. The average molecular weight is 300 g/mol. The van der Waals surface area contributed by atoms with Crippen LogP contribution in [0.1, 0.15) is 31.6 Å². The van der Waals surface area contributed by atoms with Crippen molar-refractivity contribution in [3.63, 3.8) is 0 Å². The maximum atomic E-state index is 5.32. The lowest BCUT2D eigenvalue weighted by Gasteiger charge is -2.08. The summed E-state index contributed by atoms with van der Waals surface area (Å²) in [6.45, 7) is 0.645. The number of thiophene rings is 1. The first-order valence-corrected chi connectivity index (χ1v) is 8.16. The average Bonchev–Trinajstić information content (AvgIpc) is 3.25. The SMILES string of the molecule is c1cc2ncc(-c3noc(CNC4CCCC4)n3)cc2s1. The largest absolute Gasteiger partial charge is 0.338 e. The fraction of sp³-hybridized carbons (Fsp3) is 0.400. The summed E-state index contributed by atoms with van der Waals surface area (Å²) in [5.74, 6) is 1.25. The monoisotopic (exact) mass is 300 g/mol. The third-order valence-corrected chi connectivity index (χ3v) is 4.78. The van der Waals surface area contributed by atoms with Gasteiger partial charge in [0.05, 0.1) is 16.8 Å². The van der Waals surface area contributed by atoms with Gasteiger partial charge in [-0.15, -0.1) is 11.3 Å². The topological polar surface area (TPSA) is 63.8 Å². The molecule has 5 nitrogen and oxygen atoms in total. The molecule has 0 radical (unpaired) electrons. The minimum Gasteiger partial charge on any atom is -0.338 e. The molecular formula is C15H16N4OS. The Morgan fingerprint density at radius 2 is 2.24 bits per heavy atom. The number of nitrogens with one attached hydrogen (secondary N) is 1. The fourth-order valence-electron chi connectivity index (χ4n) is 2.77. The van der Waals surface area contributed by atoms with Gasteiger partial charge in [-0.25, -0.2) is 0 Å². The highest BCUT2D eigenvalue weighted by atomic mass is 32.1. The molecule has 108 valence electrons. The van der Waals surface area contributed by atoms with Gasteiger partial charge in [-0.05, 0) is 30.4 Å². The smallest absolute Gasteiger partial charge is 0.240 e. The van der Waals surface area contributed by atoms with Crippen LogP contribution in [0, 0.1) is 0 Å². The Morgan fingerprint density at radius 1 is 1.33 bits per heavy atom. The van der Waals surface area contributed by atoms with E-state index in [4.69, 9.17) is 4.52 Å². The van der Waals surface area contributed by atoms with Crippen molar-refractivity contribution in [1.82, 2.24) is 20.4 Å². The van der Waals surface area contributed by atoms with Gasteiger partial charge in [-0.3, -0.25) is 4.98 Å². The van der Waals surface area contributed by atoms with E-state index in [9.17, 15) is 0 Å². The zero-order valence-electron chi connectivity index (χ0n) is 11.6. The lowest BCUT2D eigenvalue weighted by molar-refractivity contribution is 0.357. The summed E-state index contributed by atoms with van der Waals surface area (Å²) in [7, 11) is 0. The van der Waals surface area contributed by atoms with E-state index in [1.807, 2.05) is 11.4 Å². The van der Waals surface area contributed by atoms with Gasteiger partial charge in [0.25, 0.3) is 0 Å². The van der Waals surface area contributed by atoms with E-state index in [-0.39, 0.29) is 0 Å². The quantitative estimate of drug-likeness (QED) is 0.800. The van der Waals surface area contributed by atoms with Crippen LogP contribution in [0.3, 0.4) is 0 Å². The van der Waals surface area contributed by atoms with E-state index < -0.39 is 0 Å². The van der Waals surface area contributed by atoms with Crippen molar-refractivity contribution in [3.8, 4) is 11.4 Å². The van der Waals surface area contributed by atoms with Crippen LogP contribution in [0.15, 0.2) is 28.2 Å². The maximum Gasteiger partial charge on any atom is 0.240 e. The summed E-state index contributed by atoms with van der Waals surface area (Å²) in [5.41, 5.74) is 1.91. The third kappa shape index (κ3) is 2.69. The van der Waals surface area contributed by atoms with E-state index in [1.54, 1.807) is 17.5 Å². The molecule has 4 rings (SSSR count). The van der Waals surface area contributed by atoms with Gasteiger partial charge in [0.2, 0.25) is 11.7 Å². The molecule has 0 saturated heterocycles. The second kappa shape index (κ2) is 5.54. The van der Waals surface area contributed by atoms with Crippen molar-refractivity contribution in [1.29, 1.82) is 0 Å². The Labute approximate surface area is 126 Å². The van der Waals surface area contributed by atoms with Crippen molar-refractivity contribution in [2.75, 3.05) is 0 Å². The number of rotatable bonds is 4.